The zero-order chi connectivity index (χ0) is 11.8. The summed E-state index contributed by atoms with van der Waals surface area (Å²) in [6, 6.07) is 8.20. The fourth-order valence-electron chi connectivity index (χ4n) is 2.30. The predicted octanol–water partition coefficient (Wildman–Crippen LogP) is 3.19. The molecule has 0 aromatic heterocycles. The Balaban J connectivity index is 2.34. The molecule has 1 aromatic carbocycles. The van der Waals surface area contributed by atoms with Gasteiger partial charge in [0, 0.05) is 16.6 Å². The van der Waals surface area contributed by atoms with Crippen molar-refractivity contribution < 1.29 is 5.11 Å². The van der Waals surface area contributed by atoms with Gasteiger partial charge in [0.1, 0.15) is 0 Å². The highest BCUT2D eigenvalue weighted by molar-refractivity contribution is 9.10. The number of anilines is 1. The quantitative estimate of drug-likeness (QED) is 0.856. The maximum absolute atomic E-state index is 9.81. The molecule has 1 aromatic rings. The smallest absolute Gasteiger partial charge is 0.0716 e. The SMILES string of the molecule is CC1(C)CCC(O)CN1c1ccccc1Br. The van der Waals surface area contributed by atoms with Crippen LogP contribution in [0.1, 0.15) is 26.7 Å². The molecule has 16 heavy (non-hydrogen) atoms. The van der Waals surface area contributed by atoms with E-state index in [1.807, 2.05) is 18.2 Å². The molecule has 0 bridgehead atoms. The number of rotatable bonds is 1. The molecule has 1 N–H and O–H groups in total. The van der Waals surface area contributed by atoms with Gasteiger partial charge in [0.25, 0.3) is 0 Å². The van der Waals surface area contributed by atoms with Crippen LogP contribution in [0.4, 0.5) is 5.69 Å². The molecule has 0 aliphatic carbocycles. The monoisotopic (exact) mass is 283 g/mol. The Kier molecular flexibility index (Phi) is 3.27. The van der Waals surface area contributed by atoms with E-state index in [9.17, 15) is 5.11 Å². The van der Waals surface area contributed by atoms with Crippen molar-refractivity contribution in [3.05, 3.63) is 28.7 Å². The van der Waals surface area contributed by atoms with E-state index in [2.05, 4.69) is 40.7 Å². The summed E-state index contributed by atoms with van der Waals surface area (Å²) in [5.41, 5.74) is 1.29. The fraction of sp³-hybridized carbons (Fsp3) is 0.538. The zero-order valence-corrected chi connectivity index (χ0v) is 11.4. The fourth-order valence-corrected chi connectivity index (χ4v) is 2.80. The number of benzene rings is 1. The normalized spacial score (nSPS) is 24.5. The molecule has 2 nitrogen and oxygen atoms in total. The predicted molar refractivity (Wildman–Crippen MR) is 70.8 cm³/mol. The molecule has 1 aliphatic heterocycles. The summed E-state index contributed by atoms with van der Waals surface area (Å²) in [5.74, 6) is 0. The van der Waals surface area contributed by atoms with E-state index in [0.717, 1.165) is 23.9 Å². The molecule has 1 unspecified atom stereocenters. The van der Waals surface area contributed by atoms with Crippen molar-refractivity contribution in [3.8, 4) is 0 Å². The van der Waals surface area contributed by atoms with Gasteiger partial charge >= 0.3 is 0 Å². The summed E-state index contributed by atoms with van der Waals surface area (Å²) in [6.07, 6.45) is 1.71. The third-order valence-electron chi connectivity index (χ3n) is 3.36. The highest BCUT2D eigenvalue weighted by Gasteiger charge is 2.34. The Hall–Kier alpha value is -0.540. The number of nitrogens with zero attached hydrogens (tertiary/aromatic N) is 1. The van der Waals surface area contributed by atoms with Crippen molar-refractivity contribution in [1.29, 1.82) is 0 Å². The van der Waals surface area contributed by atoms with Crippen molar-refractivity contribution in [2.24, 2.45) is 0 Å². The van der Waals surface area contributed by atoms with E-state index in [1.165, 1.54) is 5.69 Å². The number of para-hydroxylation sites is 1. The van der Waals surface area contributed by atoms with Crippen LogP contribution in [0.5, 0.6) is 0 Å². The molecular weight excluding hydrogens is 266 g/mol. The van der Waals surface area contributed by atoms with Gasteiger partial charge in [-0.1, -0.05) is 12.1 Å². The second kappa shape index (κ2) is 4.38. The lowest BCUT2D eigenvalue weighted by atomic mass is 9.88. The van der Waals surface area contributed by atoms with Gasteiger partial charge in [-0.3, -0.25) is 0 Å². The van der Waals surface area contributed by atoms with Gasteiger partial charge in [-0.25, -0.2) is 0 Å². The molecule has 1 aliphatic rings. The minimum Gasteiger partial charge on any atom is -0.391 e. The second-order valence-corrected chi connectivity index (χ2v) is 5.92. The van der Waals surface area contributed by atoms with Crippen LogP contribution in [0.2, 0.25) is 0 Å². The first-order valence-corrected chi connectivity index (χ1v) is 6.50. The third-order valence-corrected chi connectivity index (χ3v) is 4.03. The largest absolute Gasteiger partial charge is 0.391 e. The number of aliphatic hydroxyl groups is 1. The molecule has 0 saturated carbocycles. The molecule has 1 fully saturated rings. The summed E-state index contributed by atoms with van der Waals surface area (Å²) in [5, 5.41) is 9.81. The van der Waals surface area contributed by atoms with Crippen molar-refractivity contribution >= 4 is 21.6 Å². The molecule has 0 spiro atoms. The van der Waals surface area contributed by atoms with Gasteiger partial charge in [0.15, 0.2) is 0 Å². The van der Waals surface area contributed by atoms with E-state index in [1.54, 1.807) is 0 Å². The van der Waals surface area contributed by atoms with Gasteiger partial charge < -0.3 is 10.0 Å². The lowest BCUT2D eigenvalue weighted by Gasteiger charge is -2.46. The molecular formula is C13H18BrNO. The minimum atomic E-state index is -0.208. The average Bonchev–Trinajstić information content (AvgIpc) is 2.23. The Bertz CT molecular complexity index is 378. The Morgan fingerprint density at radius 2 is 2.06 bits per heavy atom. The number of halogens is 1. The van der Waals surface area contributed by atoms with Crippen molar-refractivity contribution in [2.45, 2.75) is 38.3 Å². The first-order chi connectivity index (χ1) is 7.50. The topological polar surface area (TPSA) is 23.5 Å². The number of hydrogen-bond donors (Lipinski definition) is 1. The molecule has 1 atom stereocenters. The van der Waals surface area contributed by atoms with Crippen LogP contribution in [-0.4, -0.2) is 23.3 Å². The zero-order valence-electron chi connectivity index (χ0n) is 9.78. The molecule has 2 rings (SSSR count). The lowest BCUT2D eigenvalue weighted by Crippen LogP contribution is -2.52. The summed E-state index contributed by atoms with van der Waals surface area (Å²) < 4.78 is 1.09. The van der Waals surface area contributed by atoms with Crippen LogP contribution in [0.25, 0.3) is 0 Å². The van der Waals surface area contributed by atoms with Gasteiger partial charge in [-0.15, -0.1) is 0 Å². The van der Waals surface area contributed by atoms with Gasteiger partial charge in [0.05, 0.1) is 11.8 Å². The molecule has 0 amide bonds. The van der Waals surface area contributed by atoms with E-state index in [-0.39, 0.29) is 11.6 Å². The van der Waals surface area contributed by atoms with Gasteiger partial charge in [-0.2, -0.15) is 0 Å². The minimum absolute atomic E-state index is 0.114. The van der Waals surface area contributed by atoms with Gasteiger partial charge in [0.2, 0.25) is 0 Å². The highest BCUT2D eigenvalue weighted by atomic mass is 79.9. The van der Waals surface area contributed by atoms with Crippen LogP contribution in [0, 0.1) is 0 Å². The average molecular weight is 284 g/mol. The first-order valence-electron chi connectivity index (χ1n) is 5.71. The molecule has 88 valence electrons. The maximum Gasteiger partial charge on any atom is 0.0716 e. The van der Waals surface area contributed by atoms with Crippen LogP contribution >= 0.6 is 15.9 Å². The summed E-state index contributed by atoms with van der Waals surface area (Å²) in [4.78, 5) is 2.30. The van der Waals surface area contributed by atoms with E-state index in [4.69, 9.17) is 0 Å². The number of piperidine rings is 1. The molecule has 1 heterocycles. The molecule has 3 heteroatoms. The van der Waals surface area contributed by atoms with Crippen molar-refractivity contribution in [3.63, 3.8) is 0 Å². The Morgan fingerprint density at radius 3 is 2.75 bits per heavy atom. The van der Waals surface area contributed by atoms with Crippen LogP contribution in [0.15, 0.2) is 28.7 Å². The van der Waals surface area contributed by atoms with E-state index >= 15 is 0 Å². The summed E-state index contributed by atoms with van der Waals surface area (Å²) >= 11 is 3.58. The van der Waals surface area contributed by atoms with E-state index in [0.29, 0.717) is 0 Å². The number of aliphatic hydroxyl groups excluding tert-OH is 1. The Labute approximate surface area is 105 Å². The number of hydrogen-bond acceptors (Lipinski definition) is 2. The second-order valence-electron chi connectivity index (χ2n) is 5.07. The summed E-state index contributed by atoms with van der Waals surface area (Å²) in [6.45, 7) is 5.19. The van der Waals surface area contributed by atoms with Crippen LogP contribution < -0.4 is 4.90 Å². The van der Waals surface area contributed by atoms with Crippen molar-refractivity contribution in [1.82, 2.24) is 0 Å². The lowest BCUT2D eigenvalue weighted by molar-refractivity contribution is 0.126. The molecule has 0 radical (unpaired) electrons. The van der Waals surface area contributed by atoms with E-state index < -0.39 is 0 Å². The highest BCUT2D eigenvalue weighted by Crippen LogP contribution is 2.36. The first kappa shape index (κ1) is 11.9. The van der Waals surface area contributed by atoms with Crippen LogP contribution in [0.3, 0.4) is 0 Å². The Morgan fingerprint density at radius 1 is 1.38 bits per heavy atom. The summed E-state index contributed by atoms with van der Waals surface area (Å²) in [7, 11) is 0. The molecule has 1 saturated heterocycles. The third kappa shape index (κ3) is 2.25. The standard InChI is InChI=1S/C13H18BrNO/c1-13(2)8-7-10(16)9-15(13)12-6-4-3-5-11(12)14/h3-6,10,16H,7-9H2,1-2H3. The van der Waals surface area contributed by atoms with Crippen molar-refractivity contribution in [2.75, 3.05) is 11.4 Å². The number of β-amino-alcohol motifs (C(OH)–C–C–N with tert-alkyl or cyclic N) is 1. The van der Waals surface area contributed by atoms with Crippen LogP contribution in [-0.2, 0) is 0 Å². The van der Waals surface area contributed by atoms with Gasteiger partial charge in [-0.05, 0) is 54.8 Å². The maximum atomic E-state index is 9.81.